The quantitative estimate of drug-likeness (QED) is 0.284. The standard InChI is InChI=1S/C30H31ClN2O3/c1-19-17-25-24(16-15-22(32-25)18-33(5)23-9-7-6-8-10-23)27(20-11-13-21(31)14-12-20)26(19)28(29(34)35)36-30(2,3)4/h6-17,28H,18H2,1-5H3,(H,34,35)/t28-/m0/s1. The van der Waals surface area contributed by atoms with E-state index in [1.807, 2.05) is 95.4 Å². The van der Waals surface area contributed by atoms with Gasteiger partial charge in [0.05, 0.1) is 23.4 Å². The summed E-state index contributed by atoms with van der Waals surface area (Å²) in [7, 11) is 2.04. The van der Waals surface area contributed by atoms with E-state index in [1.54, 1.807) is 0 Å². The van der Waals surface area contributed by atoms with Gasteiger partial charge in [0.2, 0.25) is 0 Å². The van der Waals surface area contributed by atoms with Gasteiger partial charge in [0, 0.05) is 28.7 Å². The lowest BCUT2D eigenvalue weighted by Gasteiger charge is -2.28. The minimum Gasteiger partial charge on any atom is -0.479 e. The molecule has 0 unspecified atom stereocenters. The third-order valence-electron chi connectivity index (χ3n) is 5.99. The molecule has 1 heterocycles. The van der Waals surface area contributed by atoms with Gasteiger partial charge in [-0.05, 0) is 80.8 Å². The van der Waals surface area contributed by atoms with Crippen molar-refractivity contribution in [2.45, 2.75) is 45.9 Å². The van der Waals surface area contributed by atoms with Crippen LogP contribution in [-0.4, -0.2) is 28.7 Å². The Bertz CT molecular complexity index is 1380. The van der Waals surface area contributed by atoms with Gasteiger partial charge in [-0.2, -0.15) is 0 Å². The highest BCUT2D eigenvalue weighted by molar-refractivity contribution is 6.30. The molecule has 0 aliphatic heterocycles. The molecule has 3 aromatic carbocycles. The van der Waals surface area contributed by atoms with Crippen molar-refractivity contribution >= 4 is 34.2 Å². The number of carboxylic acids is 1. The van der Waals surface area contributed by atoms with E-state index >= 15 is 0 Å². The summed E-state index contributed by atoms with van der Waals surface area (Å²) in [5, 5.41) is 11.7. The number of pyridine rings is 1. The van der Waals surface area contributed by atoms with Crippen LogP contribution in [0, 0.1) is 6.92 Å². The van der Waals surface area contributed by atoms with Gasteiger partial charge in [-0.15, -0.1) is 0 Å². The second-order valence-electron chi connectivity index (χ2n) is 10.00. The summed E-state index contributed by atoms with van der Waals surface area (Å²) in [5.74, 6) is -1.03. The zero-order valence-corrected chi connectivity index (χ0v) is 22.0. The Balaban J connectivity index is 1.88. The van der Waals surface area contributed by atoms with Gasteiger partial charge >= 0.3 is 5.97 Å². The number of hydrogen-bond acceptors (Lipinski definition) is 4. The molecule has 1 N–H and O–H groups in total. The zero-order chi connectivity index (χ0) is 26.0. The summed E-state index contributed by atoms with van der Waals surface area (Å²) in [4.78, 5) is 19.6. The fourth-order valence-electron chi connectivity index (χ4n) is 4.42. The van der Waals surface area contributed by atoms with E-state index < -0.39 is 17.7 Å². The van der Waals surface area contributed by atoms with Gasteiger partial charge in [0.1, 0.15) is 0 Å². The first-order valence-electron chi connectivity index (χ1n) is 11.9. The number of carboxylic acid groups (broad SMARTS) is 1. The van der Waals surface area contributed by atoms with Crippen molar-refractivity contribution < 1.29 is 14.6 Å². The molecule has 1 aromatic heterocycles. The molecule has 0 saturated heterocycles. The molecule has 0 saturated carbocycles. The van der Waals surface area contributed by atoms with E-state index in [0.29, 0.717) is 17.1 Å². The smallest absolute Gasteiger partial charge is 0.337 e. The van der Waals surface area contributed by atoms with Crippen LogP contribution in [0.5, 0.6) is 0 Å². The van der Waals surface area contributed by atoms with E-state index in [1.165, 1.54) is 0 Å². The topological polar surface area (TPSA) is 62.7 Å². The Morgan fingerprint density at radius 3 is 2.33 bits per heavy atom. The number of anilines is 1. The van der Waals surface area contributed by atoms with Crippen LogP contribution < -0.4 is 4.90 Å². The lowest BCUT2D eigenvalue weighted by molar-refractivity contribution is -0.160. The van der Waals surface area contributed by atoms with Gasteiger partial charge in [0.15, 0.2) is 6.10 Å². The summed E-state index contributed by atoms with van der Waals surface area (Å²) < 4.78 is 6.07. The Kier molecular flexibility index (Phi) is 7.34. The number of aliphatic carboxylic acids is 1. The normalized spacial score (nSPS) is 12.5. The van der Waals surface area contributed by atoms with Crippen LogP contribution in [0.4, 0.5) is 5.69 Å². The molecule has 186 valence electrons. The second kappa shape index (κ2) is 10.3. The number of hydrogen-bond donors (Lipinski definition) is 1. The average molecular weight is 503 g/mol. The van der Waals surface area contributed by atoms with Gasteiger partial charge < -0.3 is 14.7 Å². The Morgan fingerprint density at radius 2 is 1.72 bits per heavy atom. The first-order chi connectivity index (χ1) is 17.0. The first-order valence-corrected chi connectivity index (χ1v) is 12.3. The van der Waals surface area contributed by atoms with E-state index in [4.69, 9.17) is 21.3 Å². The molecule has 6 heteroatoms. The Hall–Kier alpha value is -3.41. The number of halogens is 1. The monoisotopic (exact) mass is 502 g/mol. The Morgan fingerprint density at radius 1 is 1.06 bits per heavy atom. The molecule has 0 aliphatic carbocycles. The second-order valence-corrected chi connectivity index (χ2v) is 10.4. The van der Waals surface area contributed by atoms with Crippen molar-refractivity contribution in [1.82, 2.24) is 4.98 Å². The fourth-order valence-corrected chi connectivity index (χ4v) is 4.55. The third kappa shape index (κ3) is 5.69. The van der Waals surface area contributed by atoms with Gasteiger partial charge in [-0.1, -0.05) is 48.0 Å². The maximum absolute atomic E-state index is 12.4. The number of aryl methyl sites for hydroxylation is 1. The number of rotatable bonds is 7. The van der Waals surface area contributed by atoms with Crippen LogP contribution in [0.15, 0.2) is 72.8 Å². The zero-order valence-electron chi connectivity index (χ0n) is 21.2. The van der Waals surface area contributed by atoms with Crippen molar-refractivity contribution in [3.05, 3.63) is 94.6 Å². The number of nitrogens with zero attached hydrogens (tertiary/aromatic N) is 2. The molecule has 4 aromatic rings. The van der Waals surface area contributed by atoms with Crippen LogP contribution in [-0.2, 0) is 16.1 Å². The van der Waals surface area contributed by atoms with Crippen LogP contribution in [0.25, 0.3) is 22.0 Å². The Labute approximate surface area is 217 Å². The van der Waals surface area contributed by atoms with Gasteiger partial charge in [-0.3, -0.25) is 4.98 Å². The van der Waals surface area contributed by atoms with E-state index in [9.17, 15) is 9.90 Å². The molecule has 0 fully saturated rings. The summed E-state index contributed by atoms with van der Waals surface area (Å²) in [5.41, 5.74) is 5.29. The van der Waals surface area contributed by atoms with E-state index in [-0.39, 0.29) is 0 Å². The van der Waals surface area contributed by atoms with Crippen molar-refractivity contribution in [1.29, 1.82) is 0 Å². The van der Waals surface area contributed by atoms with Crippen molar-refractivity contribution in [3.63, 3.8) is 0 Å². The van der Waals surface area contributed by atoms with Gasteiger partial charge in [0.25, 0.3) is 0 Å². The SMILES string of the molecule is Cc1cc2nc(CN(C)c3ccccc3)ccc2c(-c2ccc(Cl)cc2)c1[C@H](OC(C)(C)C)C(=O)O. The van der Waals surface area contributed by atoms with Crippen LogP contribution in [0.1, 0.15) is 43.7 Å². The number of fused-ring (bicyclic) bond motifs is 1. The summed E-state index contributed by atoms with van der Waals surface area (Å²) in [6, 6.07) is 23.6. The van der Waals surface area contributed by atoms with Crippen molar-refractivity contribution in [2.75, 3.05) is 11.9 Å². The highest BCUT2D eigenvalue weighted by Crippen LogP contribution is 2.40. The molecular weight excluding hydrogens is 472 g/mol. The first kappa shape index (κ1) is 25.7. The lowest BCUT2D eigenvalue weighted by Crippen LogP contribution is -2.28. The molecular formula is C30H31ClN2O3. The van der Waals surface area contributed by atoms with Gasteiger partial charge in [-0.25, -0.2) is 4.79 Å². The molecule has 1 atom stereocenters. The maximum atomic E-state index is 12.4. The fraction of sp³-hybridized carbons (Fsp3) is 0.267. The number of para-hydroxylation sites is 1. The minimum atomic E-state index is -1.14. The van der Waals surface area contributed by atoms with Crippen LogP contribution in [0.3, 0.4) is 0 Å². The molecule has 0 amide bonds. The molecule has 5 nitrogen and oxygen atoms in total. The average Bonchev–Trinajstić information content (AvgIpc) is 2.82. The predicted octanol–water partition coefficient (Wildman–Crippen LogP) is 7.44. The molecule has 4 rings (SSSR count). The number of aromatic nitrogens is 1. The lowest BCUT2D eigenvalue weighted by atomic mass is 9.88. The van der Waals surface area contributed by atoms with Crippen molar-refractivity contribution in [2.24, 2.45) is 0 Å². The summed E-state index contributed by atoms with van der Waals surface area (Å²) in [6.45, 7) is 8.14. The summed E-state index contributed by atoms with van der Waals surface area (Å²) in [6.07, 6.45) is -1.14. The molecule has 36 heavy (non-hydrogen) atoms. The molecule has 0 aliphatic rings. The number of ether oxygens (including phenoxy) is 1. The number of carbonyl (C=O) groups is 1. The van der Waals surface area contributed by atoms with Crippen LogP contribution in [0.2, 0.25) is 5.02 Å². The molecule has 0 bridgehead atoms. The number of benzene rings is 3. The highest BCUT2D eigenvalue weighted by atomic mass is 35.5. The van der Waals surface area contributed by atoms with Crippen molar-refractivity contribution in [3.8, 4) is 11.1 Å². The minimum absolute atomic E-state index is 0.613. The summed E-state index contributed by atoms with van der Waals surface area (Å²) >= 11 is 6.17. The predicted molar refractivity (Wildman–Crippen MR) is 147 cm³/mol. The van der Waals surface area contributed by atoms with Crippen LogP contribution >= 0.6 is 11.6 Å². The maximum Gasteiger partial charge on any atom is 0.337 e. The van der Waals surface area contributed by atoms with E-state index in [0.717, 1.165) is 39.0 Å². The molecule has 0 radical (unpaired) electrons. The van der Waals surface area contributed by atoms with E-state index in [2.05, 4.69) is 17.0 Å². The highest BCUT2D eigenvalue weighted by Gasteiger charge is 2.31. The largest absolute Gasteiger partial charge is 0.479 e. The molecule has 0 spiro atoms. The third-order valence-corrected chi connectivity index (χ3v) is 6.24.